The van der Waals surface area contributed by atoms with Crippen LogP contribution >= 0.6 is 0 Å². The normalized spacial score (nSPS) is 16.5. The van der Waals surface area contributed by atoms with Crippen LogP contribution in [0.25, 0.3) is 0 Å². The number of ether oxygens (including phenoxy) is 2. The van der Waals surface area contributed by atoms with E-state index in [0.717, 1.165) is 5.56 Å². The molecule has 1 aromatic heterocycles. The third-order valence-corrected chi connectivity index (χ3v) is 5.71. The van der Waals surface area contributed by atoms with Crippen molar-refractivity contribution in [2.45, 2.75) is 31.5 Å². The number of hydrogen-bond donors (Lipinski definition) is 4. The lowest BCUT2D eigenvalue weighted by Gasteiger charge is -2.18. The molecule has 4 N–H and O–H groups in total. The van der Waals surface area contributed by atoms with Crippen LogP contribution in [0.4, 0.5) is 24.8 Å². The highest BCUT2D eigenvalue weighted by molar-refractivity contribution is 5.64. The van der Waals surface area contributed by atoms with Crippen LogP contribution in [-0.4, -0.2) is 57.1 Å². The van der Waals surface area contributed by atoms with E-state index in [2.05, 4.69) is 15.3 Å². The van der Waals surface area contributed by atoms with Crippen LogP contribution in [-0.2, 0) is 19.1 Å². The number of halogens is 3. The number of fused-ring (bicyclic) bond motifs is 1. The van der Waals surface area contributed by atoms with Gasteiger partial charge in [-0.15, -0.1) is 0 Å². The molecule has 1 aliphatic heterocycles. The lowest BCUT2D eigenvalue weighted by atomic mass is 10.1. The Morgan fingerprint density at radius 2 is 2.00 bits per heavy atom. The van der Waals surface area contributed by atoms with E-state index in [9.17, 15) is 23.4 Å². The summed E-state index contributed by atoms with van der Waals surface area (Å²) < 4.78 is 52.1. The minimum atomic E-state index is -4.78. The Labute approximate surface area is 204 Å². The summed E-state index contributed by atoms with van der Waals surface area (Å²) in [5, 5.41) is 32.0. The van der Waals surface area contributed by atoms with E-state index < -0.39 is 36.6 Å². The molecule has 0 saturated carbocycles. The smallest absolute Gasteiger partial charge is 0.423 e. The van der Waals surface area contributed by atoms with Gasteiger partial charge in [0, 0.05) is 24.7 Å². The molecule has 1 unspecified atom stereocenters. The highest BCUT2D eigenvalue weighted by atomic mass is 19.4. The molecule has 0 saturated heterocycles. The van der Waals surface area contributed by atoms with E-state index in [1.54, 1.807) is 42.3 Å². The molecule has 0 fully saturated rings. The van der Waals surface area contributed by atoms with Crippen LogP contribution < -0.4 is 14.8 Å². The zero-order valence-corrected chi connectivity index (χ0v) is 19.5. The van der Waals surface area contributed by atoms with Crippen molar-refractivity contribution >= 4 is 11.6 Å². The first-order chi connectivity index (χ1) is 17.1. The van der Waals surface area contributed by atoms with Crippen LogP contribution in [0.3, 0.4) is 0 Å². The topological polar surface area (TPSA) is 120 Å². The summed E-state index contributed by atoms with van der Waals surface area (Å²) in [4.78, 5) is 9.39. The van der Waals surface area contributed by atoms with Gasteiger partial charge in [-0.2, -0.15) is 18.2 Å². The second-order valence-corrected chi connectivity index (χ2v) is 8.33. The molecule has 2 aromatic carbocycles. The van der Waals surface area contributed by atoms with Crippen LogP contribution in [0.5, 0.6) is 17.4 Å². The highest BCUT2D eigenvalue weighted by Gasteiger charge is 2.37. The van der Waals surface area contributed by atoms with Gasteiger partial charge < -0.3 is 30.1 Å². The molecule has 2 heterocycles. The maximum absolute atomic E-state index is 13.7. The summed E-state index contributed by atoms with van der Waals surface area (Å²) in [6, 6.07) is 9.75. The number of benzene rings is 2. The molecule has 36 heavy (non-hydrogen) atoms. The highest BCUT2D eigenvalue weighted by Crippen LogP contribution is 2.42. The van der Waals surface area contributed by atoms with E-state index in [0.29, 0.717) is 35.3 Å². The Morgan fingerprint density at radius 3 is 2.69 bits per heavy atom. The second-order valence-electron chi connectivity index (χ2n) is 8.33. The SMILES string of the molecule is COc1cc(C[C@H](O)CO)ccc1Nc1ncc(C(F)(F)F)c(Oc2cccc3c2C(O)N(C)C3)n1. The molecular weight excluding hydrogens is 481 g/mol. The predicted molar refractivity (Wildman–Crippen MR) is 123 cm³/mol. The summed E-state index contributed by atoms with van der Waals surface area (Å²) in [7, 11) is 3.10. The van der Waals surface area contributed by atoms with Crippen molar-refractivity contribution < 1.29 is 38.0 Å². The Morgan fingerprint density at radius 1 is 1.22 bits per heavy atom. The predicted octanol–water partition coefficient (Wildman–Crippen LogP) is 3.37. The molecule has 0 bridgehead atoms. The standard InChI is InChI=1S/C24H25F3N4O5/c1-31-11-14-4-3-5-18(20(14)22(31)34)36-21-16(24(25,26)27)10-28-23(30-21)29-17-7-6-13(8-15(33)12-32)9-19(17)35-2/h3-7,9-10,15,22,32-34H,8,11-12H2,1-2H3,(H,28,29,30)/t15-,22?/m0/s1. The number of alkyl halides is 3. The third-order valence-electron chi connectivity index (χ3n) is 5.71. The number of aliphatic hydroxyl groups is 3. The van der Waals surface area contributed by atoms with Gasteiger partial charge in [0.15, 0.2) is 0 Å². The first-order valence-electron chi connectivity index (χ1n) is 11.0. The third kappa shape index (κ3) is 5.36. The van der Waals surface area contributed by atoms with Crippen molar-refractivity contribution in [3.8, 4) is 17.4 Å². The van der Waals surface area contributed by atoms with Gasteiger partial charge in [0.05, 0.1) is 25.5 Å². The summed E-state index contributed by atoms with van der Waals surface area (Å²) >= 11 is 0. The number of aromatic nitrogens is 2. The van der Waals surface area contributed by atoms with Crippen molar-refractivity contribution in [3.05, 3.63) is 64.8 Å². The van der Waals surface area contributed by atoms with Crippen LogP contribution in [0, 0.1) is 0 Å². The average molecular weight is 506 g/mol. The molecule has 2 atom stereocenters. The Bertz CT molecular complexity index is 1240. The summed E-state index contributed by atoms with van der Waals surface area (Å²) in [6.07, 6.45) is -5.95. The molecule has 192 valence electrons. The molecule has 0 aliphatic carbocycles. The van der Waals surface area contributed by atoms with Crippen LogP contribution in [0.15, 0.2) is 42.6 Å². The van der Waals surface area contributed by atoms with E-state index in [-0.39, 0.29) is 18.1 Å². The molecule has 9 nitrogen and oxygen atoms in total. The van der Waals surface area contributed by atoms with Crippen molar-refractivity contribution in [3.63, 3.8) is 0 Å². The number of nitrogens with one attached hydrogen (secondary N) is 1. The van der Waals surface area contributed by atoms with E-state index in [1.807, 2.05) is 0 Å². The van der Waals surface area contributed by atoms with E-state index in [1.165, 1.54) is 13.2 Å². The fraction of sp³-hybridized carbons (Fsp3) is 0.333. The quantitative estimate of drug-likeness (QED) is 0.365. The average Bonchev–Trinajstić information content (AvgIpc) is 3.13. The summed E-state index contributed by atoms with van der Waals surface area (Å²) in [6.45, 7) is 0.0178. The van der Waals surface area contributed by atoms with Crippen molar-refractivity contribution in [2.24, 2.45) is 0 Å². The maximum atomic E-state index is 13.7. The van der Waals surface area contributed by atoms with Gasteiger partial charge in [-0.25, -0.2) is 4.98 Å². The van der Waals surface area contributed by atoms with Gasteiger partial charge in [0.25, 0.3) is 0 Å². The van der Waals surface area contributed by atoms with Crippen molar-refractivity contribution in [1.29, 1.82) is 0 Å². The second kappa shape index (κ2) is 10.3. The first kappa shape index (κ1) is 25.6. The van der Waals surface area contributed by atoms with E-state index >= 15 is 0 Å². The lowest BCUT2D eigenvalue weighted by molar-refractivity contribution is -0.139. The maximum Gasteiger partial charge on any atom is 0.423 e. The number of methoxy groups -OCH3 is 1. The molecule has 0 amide bonds. The molecule has 3 aromatic rings. The zero-order chi connectivity index (χ0) is 26.0. The zero-order valence-electron chi connectivity index (χ0n) is 19.5. The van der Waals surface area contributed by atoms with Gasteiger partial charge >= 0.3 is 6.18 Å². The van der Waals surface area contributed by atoms with Gasteiger partial charge in [0.1, 0.15) is 23.3 Å². The number of nitrogens with zero attached hydrogens (tertiary/aromatic N) is 3. The molecule has 0 spiro atoms. The summed E-state index contributed by atoms with van der Waals surface area (Å²) in [5.41, 5.74) is 0.982. The number of hydrogen-bond acceptors (Lipinski definition) is 9. The minimum Gasteiger partial charge on any atom is -0.495 e. The van der Waals surface area contributed by atoms with Crippen molar-refractivity contribution in [1.82, 2.24) is 14.9 Å². The fourth-order valence-electron chi connectivity index (χ4n) is 3.91. The molecule has 4 rings (SSSR count). The van der Waals surface area contributed by atoms with E-state index in [4.69, 9.17) is 14.6 Å². The van der Waals surface area contributed by atoms with Gasteiger partial charge in [-0.1, -0.05) is 18.2 Å². The monoisotopic (exact) mass is 506 g/mol. The first-order valence-corrected chi connectivity index (χ1v) is 11.0. The largest absolute Gasteiger partial charge is 0.495 e. The summed E-state index contributed by atoms with van der Waals surface area (Å²) in [5.74, 6) is -0.513. The van der Waals surface area contributed by atoms with Gasteiger partial charge in [-0.3, -0.25) is 4.90 Å². The fourth-order valence-corrected chi connectivity index (χ4v) is 3.91. The van der Waals surface area contributed by atoms with Crippen LogP contribution in [0.2, 0.25) is 0 Å². The Kier molecular flexibility index (Phi) is 7.31. The van der Waals surface area contributed by atoms with Gasteiger partial charge in [-0.05, 0) is 36.4 Å². The Hall–Kier alpha value is -3.45. The Balaban J connectivity index is 1.67. The lowest BCUT2D eigenvalue weighted by Crippen LogP contribution is -2.16. The number of aliphatic hydroxyl groups excluding tert-OH is 3. The van der Waals surface area contributed by atoms with Crippen LogP contribution in [0.1, 0.15) is 28.5 Å². The molecular formula is C24H25F3N4O5. The minimum absolute atomic E-state index is 0.0591. The number of anilines is 2. The molecule has 12 heteroatoms. The molecule has 0 radical (unpaired) electrons. The molecule has 1 aliphatic rings. The van der Waals surface area contributed by atoms with Crippen molar-refractivity contribution in [2.75, 3.05) is 26.1 Å². The van der Waals surface area contributed by atoms with Gasteiger partial charge in [0.2, 0.25) is 11.8 Å². The number of rotatable bonds is 8.